The number of hydrogen-bond acceptors (Lipinski definition) is 5. The Balaban J connectivity index is 2.39. The summed E-state index contributed by atoms with van der Waals surface area (Å²) in [4.78, 5) is 29.5. The van der Waals surface area contributed by atoms with Crippen molar-refractivity contribution in [3.63, 3.8) is 0 Å². The van der Waals surface area contributed by atoms with E-state index in [0.29, 0.717) is 30.1 Å². The van der Waals surface area contributed by atoms with Crippen molar-refractivity contribution in [2.75, 3.05) is 20.2 Å². The lowest BCUT2D eigenvalue weighted by molar-refractivity contribution is 0.173. The largest absolute Gasteiger partial charge is 0.377 e. The molecule has 0 radical (unpaired) electrons. The van der Waals surface area contributed by atoms with Crippen LogP contribution in [0.5, 0.6) is 0 Å². The first-order chi connectivity index (χ1) is 10.6. The molecule has 0 aromatic carbocycles. The van der Waals surface area contributed by atoms with Gasteiger partial charge >= 0.3 is 5.69 Å². The molecule has 0 saturated carbocycles. The molecule has 0 bridgehead atoms. The van der Waals surface area contributed by atoms with Gasteiger partial charge in [0.1, 0.15) is 12.4 Å². The lowest BCUT2D eigenvalue weighted by Gasteiger charge is -2.15. The van der Waals surface area contributed by atoms with Crippen molar-refractivity contribution in [2.24, 2.45) is 7.05 Å². The Bertz CT molecular complexity index is 810. The molecule has 3 heterocycles. The molecule has 1 fully saturated rings. The summed E-state index contributed by atoms with van der Waals surface area (Å²) in [5, 5.41) is 3.30. The number of fused-ring (bicyclic) bond motifs is 1. The zero-order chi connectivity index (χ0) is 15.9. The Hall–Kier alpha value is -1.93. The number of aromatic nitrogens is 4. The average molecular weight is 307 g/mol. The standard InChI is InChI=1S/C14H21N5O3/c1-4-18-13(20)11-12(17(2)14(18)21)16-10(8-22-3)19(11)9-5-6-15-7-9/h9,15H,4-8H2,1-3H3. The van der Waals surface area contributed by atoms with Gasteiger partial charge in [0.2, 0.25) is 0 Å². The fourth-order valence-corrected chi connectivity index (χ4v) is 3.15. The Morgan fingerprint density at radius 1 is 1.41 bits per heavy atom. The maximum atomic E-state index is 12.8. The highest BCUT2D eigenvalue weighted by molar-refractivity contribution is 5.71. The quantitative estimate of drug-likeness (QED) is 0.831. The van der Waals surface area contributed by atoms with E-state index in [1.807, 2.05) is 4.57 Å². The topological polar surface area (TPSA) is 83.1 Å². The molecule has 120 valence electrons. The molecular weight excluding hydrogens is 286 g/mol. The number of nitrogens with one attached hydrogen (secondary N) is 1. The first-order valence-corrected chi connectivity index (χ1v) is 7.50. The van der Waals surface area contributed by atoms with Gasteiger partial charge in [-0.2, -0.15) is 0 Å². The van der Waals surface area contributed by atoms with Crippen LogP contribution >= 0.6 is 0 Å². The summed E-state index contributed by atoms with van der Waals surface area (Å²) < 4.78 is 9.87. The van der Waals surface area contributed by atoms with Crippen LogP contribution in [0.25, 0.3) is 11.2 Å². The SMILES string of the molecule is CCn1c(=O)c2c(nc(COC)n2C2CCNC2)n(C)c1=O. The molecule has 1 atom stereocenters. The summed E-state index contributed by atoms with van der Waals surface area (Å²) >= 11 is 0. The van der Waals surface area contributed by atoms with Gasteiger partial charge in [-0.15, -0.1) is 0 Å². The minimum absolute atomic E-state index is 0.158. The summed E-state index contributed by atoms with van der Waals surface area (Å²) in [5.41, 5.74) is 0.309. The summed E-state index contributed by atoms with van der Waals surface area (Å²) in [5.74, 6) is 0.687. The highest BCUT2D eigenvalue weighted by Crippen LogP contribution is 2.22. The van der Waals surface area contributed by atoms with Crippen molar-refractivity contribution < 1.29 is 4.74 Å². The van der Waals surface area contributed by atoms with E-state index < -0.39 is 0 Å². The maximum absolute atomic E-state index is 12.8. The van der Waals surface area contributed by atoms with E-state index in [1.54, 1.807) is 21.1 Å². The number of ether oxygens (including phenoxy) is 1. The smallest absolute Gasteiger partial charge is 0.332 e. The molecular formula is C14H21N5O3. The van der Waals surface area contributed by atoms with E-state index in [0.717, 1.165) is 19.5 Å². The molecule has 8 nitrogen and oxygen atoms in total. The van der Waals surface area contributed by atoms with Gasteiger partial charge in [-0.3, -0.25) is 13.9 Å². The van der Waals surface area contributed by atoms with Crippen LogP contribution in [0.3, 0.4) is 0 Å². The van der Waals surface area contributed by atoms with Crippen LogP contribution in [0.15, 0.2) is 9.59 Å². The molecule has 2 aromatic heterocycles. The molecule has 2 aromatic rings. The predicted molar refractivity (Wildman–Crippen MR) is 82.1 cm³/mol. The monoisotopic (exact) mass is 307 g/mol. The number of hydrogen-bond donors (Lipinski definition) is 1. The fourth-order valence-electron chi connectivity index (χ4n) is 3.15. The van der Waals surface area contributed by atoms with Crippen LogP contribution in [0, 0.1) is 0 Å². The molecule has 3 rings (SSSR count). The lowest BCUT2D eigenvalue weighted by atomic mass is 10.2. The van der Waals surface area contributed by atoms with E-state index >= 15 is 0 Å². The number of methoxy groups -OCH3 is 1. The molecule has 1 aliphatic rings. The molecule has 0 spiro atoms. The highest BCUT2D eigenvalue weighted by Gasteiger charge is 2.26. The van der Waals surface area contributed by atoms with E-state index in [2.05, 4.69) is 10.3 Å². The molecule has 1 unspecified atom stereocenters. The minimum Gasteiger partial charge on any atom is -0.377 e. The van der Waals surface area contributed by atoms with Crippen molar-refractivity contribution in [3.05, 3.63) is 26.7 Å². The number of imidazole rings is 1. The molecule has 1 saturated heterocycles. The van der Waals surface area contributed by atoms with Gasteiger partial charge in [0.05, 0.1) is 0 Å². The molecule has 1 N–H and O–H groups in total. The van der Waals surface area contributed by atoms with Crippen molar-refractivity contribution in [1.82, 2.24) is 24.0 Å². The van der Waals surface area contributed by atoms with Crippen LogP contribution in [-0.4, -0.2) is 38.9 Å². The van der Waals surface area contributed by atoms with Gasteiger partial charge in [0.15, 0.2) is 11.2 Å². The second kappa shape index (κ2) is 5.69. The van der Waals surface area contributed by atoms with Crippen molar-refractivity contribution in [3.8, 4) is 0 Å². The Morgan fingerprint density at radius 2 is 2.18 bits per heavy atom. The summed E-state index contributed by atoms with van der Waals surface area (Å²) in [6, 6.07) is 0.158. The summed E-state index contributed by atoms with van der Waals surface area (Å²) in [6.07, 6.45) is 0.927. The van der Waals surface area contributed by atoms with E-state index in [1.165, 1.54) is 9.13 Å². The molecule has 1 aliphatic heterocycles. The third-order valence-electron chi connectivity index (χ3n) is 4.24. The third kappa shape index (κ3) is 2.10. The average Bonchev–Trinajstić information content (AvgIpc) is 3.13. The fraction of sp³-hybridized carbons (Fsp3) is 0.643. The van der Waals surface area contributed by atoms with Crippen LogP contribution in [0.1, 0.15) is 25.2 Å². The highest BCUT2D eigenvalue weighted by atomic mass is 16.5. The van der Waals surface area contributed by atoms with Crippen molar-refractivity contribution in [2.45, 2.75) is 32.5 Å². The normalized spacial score (nSPS) is 18.4. The first-order valence-electron chi connectivity index (χ1n) is 7.50. The van der Waals surface area contributed by atoms with Gasteiger partial charge in [-0.05, 0) is 19.9 Å². The van der Waals surface area contributed by atoms with Crippen LogP contribution in [0.2, 0.25) is 0 Å². The van der Waals surface area contributed by atoms with Crippen molar-refractivity contribution >= 4 is 11.2 Å². The molecule has 8 heteroatoms. The molecule has 22 heavy (non-hydrogen) atoms. The zero-order valence-corrected chi connectivity index (χ0v) is 13.1. The first kappa shape index (κ1) is 15.0. The number of nitrogens with zero attached hydrogens (tertiary/aromatic N) is 4. The van der Waals surface area contributed by atoms with Gasteiger partial charge in [-0.25, -0.2) is 9.78 Å². The van der Waals surface area contributed by atoms with Gasteiger partial charge in [-0.1, -0.05) is 0 Å². The second-order valence-corrected chi connectivity index (χ2v) is 5.54. The number of aryl methyl sites for hydroxylation is 1. The summed E-state index contributed by atoms with van der Waals surface area (Å²) in [6.45, 7) is 4.14. The van der Waals surface area contributed by atoms with Gasteiger partial charge in [0, 0.05) is 33.3 Å². The van der Waals surface area contributed by atoms with Crippen LogP contribution in [0.4, 0.5) is 0 Å². The van der Waals surface area contributed by atoms with Crippen LogP contribution in [-0.2, 0) is 24.9 Å². The maximum Gasteiger partial charge on any atom is 0.332 e. The second-order valence-electron chi connectivity index (χ2n) is 5.54. The lowest BCUT2D eigenvalue weighted by Crippen LogP contribution is -2.39. The zero-order valence-electron chi connectivity index (χ0n) is 13.1. The molecule has 0 aliphatic carbocycles. The number of rotatable bonds is 4. The molecule has 0 amide bonds. The third-order valence-corrected chi connectivity index (χ3v) is 4.24. The van der Waals surface area contributed by atoms with E-state index in [9.17, 15) is 9.59 Å². The van der Waals surface area contributed by atoms with Gasteiger partial charge < -0.3 is 14.6 Å². The Morgan fingerprint density at radius 3 is 2.77 bits per heavy atom. The minimum atomic E-state index is -0.335. The van der Waals surface area contributed by atoms with E-state index in [4.69, 9.17) is 4.74 Å². The van der Waals surface area contributed by atoms with E-state index in [-0.39, 0.29) is 17.3 Å². The Labute approximate surface area is 127 Å². The van der Waals surface area contributed by atoms with Gasteiger partial charge in [0.25, 0.3) is 5.56 Å². The predicted octanol–water partition coefficient (Wildman–Crippen LogP) is -0.403. The summed E-state index contributed by atoms with van der Waals surface area (Å²) in [7, 11) is 3.25. The Kier molecular flexibility index (Phi) is 3.88. The van der Waals surface area contributed by atoms with Crippen LogP contribution < -0.4 is 16.6 Å². The van der Waals surface area contributed by atoms with Crippen molar-refractivity contribution in [1.29, 1.82) is 0 Å².